The summed E-state index contributed by atoms with van der Waals surface area (Å²) in [6.07, 6.45) is 13.5. The molecule has 3 aliphatic carbocycles. The van der Waals surface area contributed by atoms with Gasteiger partial charge in [-0.25, -0.2) is 28.5 Å². The third-order valence-corrected chi connectivity index (χ3v) is 13.5. The molecule has 288 valence electrons. The van der Waals surface area contributed by atoms with Crippen LogP contribution in [0.3, 0.4) is 0 Å². The van der Waals surface area contributed by atoms with Crippen LogP contribution in [0.5, 0.6) is 11.5 Å². The van der Waals surface area contributed by atoms with E-state index in [1.54, 1.807) is 42.8 Å². The minimum absolute atomic E-state index is 0.0271. The molecule has 0 bridgehead atoms. The van der Waals surface area contributed by atoms with E-state index in [0.717, 1.165) is 36.3 Å². The van der Waals surface area contributed by atoms with Crippen LogP contribution in [-0.4, -0.2) is 48.9 Å². The Morgan fingerprint density at radius 1 is 1.02 bits per heavy atom. The third kappa shape index (κ3) is 6.65. The Morgan fingerprint density at radius 3 is 2.51 bits per heavy atom. The van der Waals surface area contributed by atoms with E-state index in [-0.39, 0.29) is 41.0 Å². The molecule has 0 saturated heterocycles. The Balaban J connectivity index is 1.22. The van der Waals surface area contributed by atoms with Gasteiger partial charge in [-0.2, -0.15) is 0 Å². The van der Waals surface area contributed by atoms with E-state index in [4.69, 9.17) is 9.47 Å². The molecule has 2 aromatic heterocycles. The van der Waals surface area contributed by atoms with Crippen LogP contribution in [0.4, 0.5) is 0 Å². The first kappa shape index (κ1) is 37.5. The predicted octanol–water partition coefficient (Wildman–Crippen LogP) is 6.32. The average molecular weight is 730 g/mol. The van der Waals surface area contributed by atoms with Crippen molar-refractivity contribution in [3.63, 3.8) is 0 Å². The van der Waals surface area contributed by atoms with Gasteiger partial charge in [0.2, 0.25) is 0 Å². The molecular weight excluding hydrogens is 670 g/mol. The zero-order valence-electron chi connectivity index (χ0n) is 32.8. The predicted molar refractivity (Wildman–Crippen MR) is 207 cm³/mol. The van der Waals surface area contributed by atoms with Gasteiger partial charge >= 0.3 is 11.4 Å². The van der Waals surface area contributed by atoms with Crippen molar-refractivity contribution in [1.82, 2.24) is 23.5 Å². The maximum atomic E-state index is 14.4. The lowest BCUT2D eigenvalue weighted by Crippen LogP contribution is -2.39. The largest absolute Gasteiger partial charge is 0.493 e. The third-order valence-electron chi connectivity index (χ3n) is 13.5. The molecule has 4 aliphatic rings. The minimum atomic E-state index is -0.460. The van der Waals surface area contributed by atoms with E-state index in [9.17, 15) is 19.5 Å². The number of hydrogen-bond donors (Lipinski definition) is 1. The first-order valence-corrected chi connectivity index (χ1v) is 20.0. The van der Waals surface area contributed by atoms with Gasteiger partial charge in [0.1, 0.15) is 5.69 Å². The molecule has 3 aromatic rings. The molecule has 6 atom stereocenters. The van der Waals surface area contributed by atoms with Crippen LogP contribution in [0.2, 0.25) is 0 Å². The quantitative estimate of drug-likeness (QED) is 0.229. The number of allylic oxidation sites excluding steroid dienone is 3. The number of aryl methyl sites for hydroxylation is 2. The van der Waals surface area contributed by atoms with Crippen LogP contribution < -0.4 is 26.4 Å². The molecule has 0 unspecified atom stereocenters. The lowest BCUT2D eigenvalue weighted by Gasteiger charge is -2.45. The Morgan fingerprint density at radius 2 is 1.77 bits per heavy atom. The number of aliphatic hydroxyl groups is 1. The van der Waals surface area contributed by atoms with Gasteiger partial charge in [0, 0.05) is 32.1 Å². The van der Waals surface area contributed by atoms with Crippen molar-refractivity contribution < 1.29 is 14.6 Å². The molecule has 0 amide bonds. The van der Waals surface area contributed by atoms with Gasteiger partial charge < -0.3 is 19.1 Å². The number of hydrogen-bond acceptors (Lipinski definition) is 7. The van der Waals surface area contributed by atoms with E-state index in [1.807, 2.05) is 0 Å². The van der Waals surface area contributed by atoms with Crippen molar-refractivity contribution in [3.05, 3.63) is 71.9 Å². The van der Waals surface area contributed by atoms with Gasteiger partial charge in [0.25, 0.3) is 5.56 Å². The monoisotopic (exact) mass is 729 g/mol. The average Bonchev–Trinajstić information content (AvgIpc) is 3.61. The van der Waals surface area contributed by atoms with Crippen molar-refractivity contribution in [3.8, 4) is 11.5 Å². The molecule has 11 heteroatoms. The molecule has 3 heterocycles. The van der Waals surface area contributed by atoms with Crippen LogP contribution in [0.25, 0.3) is 11.0 Å². The fourth-order valence-electron chi connectivity index (χ4n) is 10.7. The molecule has 1 aliphatic heterocycles. The number of rotatable bonds is 11. The number of ether oxygens (including phenoxy) is 2. The van der Waals surface area contributed by atoms with Gasteiger partial charge in [-0.15, -0.1) is 0 Å². The SMILES string of the molecule is COc1cc2nc(CCn3c(=O)n4n(c3=O)[C@@H](/C=C3/CCC[C@]5(C)[C@@H]([C@H](C)CCCC(C)C)CC[C@@H]35)C3=C(CC[C@H](O)C3)C4)c(=O)n(C)c2cc1OC. The number of fused-ring (bicyclic) bond motifs is 3. The molecule has 0 radical (unpaired) electrons. The zero-order chi connectivity index (χ0) is 37.8. The molecule has 0 spiro atoms. The summed E-state index contributed by atoms with van der Waals surface area (Å²) in [7, 11) is 4.77. The van der Waals surface area contributed by atoms with Gasteiger partial charge in [0.05, 0.1) is 43.9 Å². The molecule has 2 saturated carbocycles. The summed E-state index contributed by atoms with van der Waals surface area (Å²) in [5.41, 5.74) is 4.27. The highest BCUT2D eigenvalue weighted by molar-refractivity contribution is 5.79. The normalized spacial score (nSPS) is 26.9. The fraction of sp³-hybridized carbons (Fsp3) is 0.667. The molecule has 1 aromatic carbocycles. The first-order valence-electron chi connectivity index (χ1n) is 20.0. The van der Waals surface area contributed by atoms with Gasteiger partial charge in [-0.1, -0.05) is 58.6 Å². The number of aliphatic hydroxyl groups excluding tert-OH is 1. The van der Waals surface area contributed by atoms with Gasteiger partial charge in [0.15, 0.2) is 11.5 Å². The zero-order valence-corrected chi connectivity index (χ0v) is 32.8. The highest BCUT2D eigenvalue weighted by Crippen LogP contribution is 2.60. The molecule has 53 heavy (non-hydrogen) atoms. The summed E-state index contributed by atoms with van der Waals surface area (Å²) in [6, 6.07) is 3.04. The van der Waals surface area contributed by atoms with Crippen molar-refractivity contribution in [1.29, 1.82) is 0 Å². The second kappa shape index (κ2) is 14.8. The van der Waals surface area contributed by atoms with E-state index in [2.05, 4.69) is 38.8 Å². The summed E-state index contributed by atoms with van der Waals surface area (Å²) >= 11 is 0. The van der Waals surface area contributed by atoms with E-state index < -0.39 is 12.1 Å². The molecule has 7 rings (SSSR count). The van der Waals surface area contributed by atoms with Crippen molar-refractivity contribution in [2.45, 2.75) is 130 Å². The molecule has 2 fully saturated rings. The van der Waals surface area contributed by atoms with E-state index in [0.29, 0.717) is 66.1 Å². The summed E-state index contributed by atoms with van der Waals surface area (Å²) in [6.45, 7) is 9.99. The van der Waals surface area contributed by atoms with Gasteiger partial charge in [-0.3, -0.25) is 4.79 Å². The van der Waals surface area contributed by atoms with E-state index in [1.165, 1.54) is 46.8 Å². The smallest absolute Gasteiger partial charge is 0.348 e. The summed E-state index contributed by atoms with van der Waals surface area (Å²) in [5, 5.41) is 10.9. The molecule has 11 nitrogen and oxygen atoms in total. The highest BCUT2D eigenvalue weighted by Gasteiger charge is 2.51. The number of methoxy groups -OCH3 is 2. The van der Waals surface area contributed by atoms with Crippen LogP contribution in [-0.2, 0) is 26.6 Å². The summed E-state index contributed by atoms with van der Waals surface area (Å²) in [4.78, 5) is 46.7. The van der Waals surface area contributed by atoms with Crippen molar-refractivity contribution in [2.24, 2.45) is 36.1 Å². The topological polar surface area (TPSA) is 123 Å². The number of aromatic nitrogens is 5. The second-order valence-electron chi connectivity index (χ2n) is 17.1. The summed E-state index contributed by atoms with van der Waals surface area (Å²) in [5.74, 6) is 3.55. The lowest BCUT2D eigenvalue weighted by molar-refractivity contribution is 0.0922. The minimum Gasteiger partial charge on any atom is -0.493 e. The lowest BCUT2D eigenvalue weighted by atomic mass is 9.60. The Labute approximate surface area is 312 Å². The Bertz CT molecular complexity index is 2120. The second-order valence-corrected chi connectivity index (χ2v) is 17.1. The molecular formula is C42H59N5O6. The van der Waals surface area contributed by atoms with Crippen LogP contribution in [0, 0.1) is 29.1 Å². The maximum absolute atomic E-state index is 14.4. The standard InChI is InChI=1S/C42H59N5O6/c1-25(2)10-8-11-26(3)31-15-16-32-27(12-9-18-42(31,32)4)20-35-30-21-29(48)14-13-28(30)24-46-40(50)45(41(51)47(35)46)19-17-33-39(49)44(5)36-23-38(53-7)37(52-6)22-34(36)43-33/h20,22-23,25-26,29,31-32,35,48H,8-19,21,24H2,1-7H3/b27-20-/t26-,29+,31-,32+,35+,42-/m1/s1. The number of benzene rings is 1. The van der Waals surface area contributed by atoms with Crippen LogP contribution in [0.15, 0.2) is 49.3 Å². The maximum Gasteiger partial charge on any atom is 0.348 e. The van der Waals surface area contributed by atoms with Crippen LogP contribution in [0.1, 0.15) is 110 Å². The fourth-order valence-corrected chi connectivity index (χ4v) is 10.7. The summed E-state index contributed by atoms with van der Waals surface area (Å²) < 4.78 is 17.0. The molecule has 1 N–H and O–H groups in total. The van der Waals surface area contributed by atoms with Crippen molar-refractivity contribution in [2.75, 3.05) is 14.2 Å². The number of nitrogens with zero attached hydrogens (tertiary/aromatic N) is 5. The Hall–Kier alpha value is -3.86. The highest BCUT2D eigenvalue weighted by atomic mass is 16.5. The van der Waals surface area contributed by atoms with Crippen LogP contribution >= 0.6 is 0 Å². The van der Waals surface area contributed by atoms with E-state index >= 15 is 0 Å². The Kier molecular flexibility index (Phi) is 10.4. The van der Waals surface area contributed by atoms with Gasteiger partial charge in [-0.05, 0) is 91.6 Å². The van der Waals surface area contributed by atoms with Crippen molar-refractivity contribution >= 4 is 11.0 Å². The first-order chi connectivity index (χ1) is 25.4.